The summed E-state index contributed by atoms with van der Waals surface area (Å²) in [6.45, 7) is 0. The van der Waals surface area contributed by atoms with E-state index in [1.165, 1.54) is 4.68 Å². The minimum atomic E-state index is -0.466. The van der Waals surface area contributed by atoms with Crippen molar-refractivity contribution in [2.75, 3.05) is 0 Å². The highest BCUT2D eigenvalue weighted by molar-refractivity contribution is 5.82. The first-order valence-corrected chi connectivity index (χ1v) is 5.51. The van der Waals surface area contributed by atoms with Crippen LogP contribution in [0.1, 0.15) is 0 Å². The lowest BCUT2D eigenvalue weighted by molar-refractivity contribution is 0.181. The molecular formula is C13H11N3O2. The normalized spacial score (nSPS) is 10.9. The third kappa shape index (κ3) is 1.41. The number of pyridine rings is 1. The maximum Gasteiger partial charge on any atom is 0.309 e. The van der Waals surface area contributed by atoms with E-state index in [1.807, 2.05) is 30.3 Å². The van der Waals surface area contributed by atoms with Crippen molar-refractivity contribution in [1.82, 2.24) is 14.5 Å². The smallest absolute Gasteiger partial charge is 0.309 e. The highest BCUT2D eigenvalue weighted by Gasteiger charge is 2.12. The molecule has 0 unspecified atom stereocenters. The van der Waals surface area contributed by atoms with E-state index in [4.69, 9.17) is 0 Å². The van der Waals surface area contributed by atoms with E-state index in [0.29, 0.717) is 21.3 Å². The van der Waals surface area contributed by atoms with Crippen LogP contribution in [0, 0.1) is 0 Å². The van der Waals surface area contributed by atoms with Crippen molar-refractivity contribution >= 4 is 10.9 Å². The zero-order valence-corrected chi connectivity index (χ0v) is 9.74. The molecule has 0 amide bonds. The average molecular weight is 241 g/mol. The SMILES string of the molecule is Cn1ncc2cc(-c3ccccc3)n(O)c(=O)c21. The molecule has 0 saturated carbocycles. The van der Waals surface area contributed by atoms with Crippen molar-refractivity contribution in [1.29, 1.82) is 0 Å². The van der Waals surface area contributed by atoms with Gasteiger partial charge in [0.1, 0.15) is 5.52 Å². The monoisotopic (exact) mass is 241 g/mol. The van der Waals surface area contributed by atoms with Gasteiger partial charge in [-0.15, -0.1) is 4.73 Å². The summed E-state index contributed by atoms with van der Waals surface area (Å²) in [5.74, 6) is 0. The van der Waals surface area contributed by atoms with E-state index >= 15 is 0 Å². The quantitative estimate of drug-likeness (QED) is 0.659. The molecule has 0 saturated heterocycles. The van der Waals surface area contributed by atoms with Crippen LogP contribution in [-0.2, 0) is 7.05 Å². The molecule has 5 nitrogen and oxygen atoms in total. The second kappa shape index (κ2) is 3.73. The van der Waals surface area contributed by atoms with Crippen LogP contribution in [0.3, 0.4) is 0 Å². The number of fused-ring (bicyclic) bond motifs is 1. The summed E-state index contributed by atoms with van der Waals surface area (Å²) in [6.07, 6.45) is 1.61. The number of hydrogen-bond donors (Lipinski definition) is 1. The van der Waals surface area contributed by atoms with Crippen LogP contribution >= 0.6 is 0 Å². The number of benzene rings is 1. The summed E-state index contributed by atoms with van der Waals surface area (Å²) in [7, 11) is 1.67. The molecule has 2 aromatic heterocycles. The first-order valence-electron chi connectivity index (χ1n) is 5.51. The predicted octanol–water partition coefficient (Wildman–Crippen LogP) is 1.64. The Morgan fingerprint density at radius 2 is 1.94 bits per heavy atom. The molecule has 0 atom stereocenters. The van der Waals surface area contributed by atoms with Gasteiger partial charge in [0.2, 0.25) is 0 Å². The first kappa shape index (κ1) is 10.6. The lowest BCUT2D eigenvalue weighted by Crippen LogP contribution is -2.21. The van der Waals surface area contributed by atoms with E-state index in [0.717, 1.165) is 5.56 Å². The zero-order chi connectivity index (χ0) is 12.7. The summed E-state index contributed by atoms with van der Waals surface area (Å²) < 4.78 is 2.12. The van der Waals surface area contributed by atoms with Crippen molar-refractivity contribution in [3.63, 3.8) is 0 Å². The van der Waals surface area contributed by atoms with E-state index in [9.17, 15) is 10.0 Å². The molecule has 0 radical (unpaired) electrons. The molecule has 3 aromatic rings. The van der Waals surface area contributed by atoms with E-state index in [-0.39, 0.29) is 0 Å². The van der Waals surface area contributed by atoms with Gasteiger partial charge in [-0.1, -0.05) is 30.3 Å². The summed E-state index contributed by atoms with van der Waals surface area (Å²) >= 11 is 0. The molecule has 90 valence electrons. The zero-order valence-electron chi connectivity index (χ0n) is 9.74. The molecule has 5 heteroatoms. The second-order valence-electron chi connectivity index (χ2n) is 4.08. The largest absolute Gasteiger partial charge is 0.425 e. The molecule has 0 bridgehead atoms. The Morgan fingerprint density at radius 1 is 1.22 bits per heavy atom. The van der Waals surface area contributed by atoms with Gasteiger partial charge in [-0.2, -0.15) is 5.10 Å². The van der Waals surface area contributed by atoms with Gasteiger partial charge in [-0.3, -0.25) is 9.48 Å². The molecule has 0 aliphatic heterocycles. The standard InChI is InChI=1S/C13H11N3O2/c1-15-12-10(8-14-15)7-11(16(18)13(12)17)9-5-3-2-4-6-9/h2-8,18H,1H3. The van der Waals surface area contributed by atoms with Crippen molar-refractivity contribution < 1.29 is 5.21 Å². The molecule has 1 N–H and O–H groups in total. The fourth-order valence-corrected chi connectivity index (χ4v) is 2.05. The second-order valence-corrected chi connectivity index (χ2v) is 4.08. The summed E-state index contributed by atoms with van der Waals surface area (Å²) in [5, 5.41) is 14.7. The average Bonchev–Trinajstić information content (AvgIpc) is 2.76. The van der Waals surface area contributed by atoms with Crippen LogP contribution < -0.4 is 5.56 Å². The Kier molecular flexibility index (Phi) is 2.19. The van der Waals surface area contributed by atoms with Crippen LogP contribution in [0.2, 0.25) is 0 Å². The van der Waals surface area contributed by atoms with E-state index in [1.54, 1.807) is 19.3 Å². The molecular weight excluding hydrogens is 230 g/mol. The minimum Gasteiger partial charge on any atom is -0.425 e. The fourth-order valence-electron chi connectivity index (χ4n) is 2.05. The lowest BCUT2D eigenvalue weighted by atomic mass is 10.1. The van der Waals surface area contributed by atoms with E-state index in [2.05, 4.69) is 5.10 Å². The lowest BCUT2D eigenvalue weighted by Gasteiger charge is -2.07. The van der Waals surface area contributed by atoms with Crippen molar-refractivity contribution in [3.05, 3.63) is 52.9 Å². The van der Waals surface area contributed by atoms with Gasteiger partial charge in [0.25, 0.3) is 0 Å². The van der Waals surface area contributed by atoms with Crippen LogP contribution in [0.5, 0.6) is 0 Å². The van der Waals surface area contributed by atoms with Crippen LogP contribution in [0.4, 0.5) is 0 Å². The number of aryl methyl sites for hydroxylation is 1. The van der Waals surface area contributed by atoms with Gasteiger partial charge in [-0.25, -0.2) is 0 Å². The molecule has 0 spiro atoms. The first-order chi connectivity index (χ1) is 8.68. The third-order valence-electron chi connectivity index (χ3n) is 2.95. The molecule has 2 heterocycles. The van der Waals surface area contributed by atoms with Crippen LogP contribution in [0.25, 0.3) is 22.2 Å². The van der Waals surface area contributed by atoms with Crippen LogP contribution in [-0.4, -0.2) is 19.7 Å². The Morgan fingerprint density at radius 3 is 2.67 bits per heavy atom. The Labute approximate surface area is 102 Å². The Bertz CT molecular complexity index is 772. The van der Waals surface area contributed by atoms with Crippen molar-refractivity contribution in [3.8, 4) is 11.3 Å². The van der Waals surface area contributed by atoms with Crippen molar-refractivity contribution in [2.24, 2.45) is 7.05 Å². The van der Waals surface area contributed by atoms with Crippen LogP contribution in [0.15, 0.2) is 47.4 Å². The summed E-state index contributed by atoms with van der Waals surface area (Å²) in [5.41, 5.74) is 1.16. The van der Waals surface area contributed by atoms with Gasteiger partial charge in [0.15, 0.2) is 0 Å². The topological polar surface area (TPSA) is 60.1 Å². The van der Waals surface area contributed by atoms with Gasteiger partial charge in [0, 0.05) is 18.0 Å². The molecule has 18 heavy (non-hydrogen) atoms. The van der Waals surface area contributed by atoms with Gasteiger partial charge in [-0.05, 0) is 6.07 Å². The number of hydrogen-bond acceptors (Lipinski definition) is 3. The maximum atomic E-state index is 12.1. The molecule has 1 aromatic carbocycles. The molecule has 3 rings (SSSR count). The fraction of sp³-hybridized carbons (Fsp3) is 0.0769. The third-order valence-corrected chi connectivity index (χ3v) is 2.95. The molecule has 0 fully saturated rings. The molecule has 0 aliphatic carbocycles. The maximum absolute atomic E-state index is 12.1. The minimum absolute atomic E-state index is 0.386. The number of nitrogens with zero attached hydrogens (tertiary/aromatic N) is 3. The summed E-state index contributed by atoms with van der Waals surface area (Å²) in [6, 6.07) is 11.0. The number of aromatic nitrogens is 3. The highest BCUT2D eigenvalue weighted by atomic mass is 16.5. The van der Waals surface area contributed by atoms with E-state index < -0.39 is 5.56 Å². The van der Waals surface area contributed by atoms with Gasteiger partial charge >= 0.3 is 5.56 Å². The number of rotatable bonds is 1. The Balaban J connectivity index is 2.39. The summed E-state index contributed by atoms with van der Waals surface area (Å²) in [4.78, 5) is 12.1. The van der Waals surface area contributed by atoms with Gasteiger partial charge < -0.3 is 5.21 Å². The molecule has 0 aliphatic rings. The Hall–Kier alpha value is -2.56. The van der Waals surface area contributed by atoms with Crippen molar-refractivity contribution in [2.45, 2.75) is 0 Å². The van der Waals surface area contributed by atoms with Gasteiger partial charge in [0.05, 0.1) is 11.9 Å². The predicted molar refractivity (Wildman–Crippen MR) is 67.6 cm³/mol. The highest BCUT2D eigenvalue weighted by Crippen LogP contribution is 2.20.